The Balaban J connectivity index is 1.43. The molecule has 2 unspecified atom stereocenters. The number of imide groups is 1. The largest absolute Gasteiger partial charge is 0.356 e. The van der Waals surface area contributed by atoms with Crippen LogP contribution in [-0.2, 0) is 16.0 Å². The third kappa shape index (κ3) is 4.38. The summed E-state index contributed by atoms with van der Waals surface area (Å²) in [6.45, 7) is 0.693. The molecule has 3 rings (SSSR count). The number of rotatable bonds is 6. The second kappa shape index (κ2) is 8.14. The van der Waals surface area contributed by atoms with Crippen molar-refractivity contribution >= 4 is 17.8 Å². The summed E-state index contributed by atoms with van der Waals surface area (Å²) >= 11 is 0. The van der Waals surface area contributed by atoms with Gasteiger partial charge in [0.2, 0.25) is 11.8 Å². The number of amides is 4. The van der Waals surface area contributed by atoms with Gasteiger partial charge in [-0.25, -0.2) is 4.79 Å². The zero-order chi connectivity index (χ0) is 17.6. The SMILES string of the molecule is O=C(CCN1C(=O)NC2CCCCC2C1=O)NCCc1ccccc1. The molecule has 4 amide bonds. The van der Waals surface area contributed by atoms with E-state index in [1.165, 1.54) is 4.90 Å². The zero-order valence-corrected chi connectivity index (χ0v) is 14.4. The molecule has 0 spiro atoms. The lowest BCUT2D eigenvalue weighted by Crippen LogP contribution is -2.61. The fourth-order valence-corrected chi connectivity index (χ4v) is 3.64. The van der Waals surface area contributed by atoms with E-state index in [1.807, 2.05) is 30.3 Å². The van der Waals surface area contributed by atoms with Crippen LogP contribution in [0.3, 0.4) is 0 Å². The minimum absolute atomic E-state index is 0.0234. The molecule has 2 aliphatic rings. The van der Waals surface area contributed by atoms with Crippen LogP contribution < -0.4 is 10.6 Å². The van der Waals surface area contributed by atoms with E-state index in [9.17, 15) is 14.4 Å². The van der Waals surface area contributed by atoms with Gasteiger partial charge in [0, 0.05) is 25.6 Å². The van der Waals surface area contributed by atoms with Gasteiger partial charge in [0.15, 0.2) is 0 Å². The number of hydrogen-bond acceptors (Lipinski definition) is 3. The number of fused-ring (bicyclic) bond motifs is 1. The van der Waals surface area contributed by atoms with E-state index in [2.05, 4.69) is 10.6 Å². The van der Waals surface area contributed by atoms with Crippen molar-refractivity contribution in [3.63, 3.8) is 0 Å². The van der Waals surface area contributed by atoms with E-state index in [1.54, 1.807) is 0 Å². The lowest BCUT2D eigenvalue weighted by Gasteiger charge is -2.39. The molecule has 0 aromatic heterocycles. The number of nitrogens with zero attached hydrogens (tertiary/aromatic N) is 1. The van der Waals surface area contributed by atoms with Gasteiger partial charge < -0.3 is 10.6 Å². The quantitative estimate of drug-likeness (QED) is 0.827. The summed E-state index contributed by atoms with van der Waals surface area (Å²) < 4.78 is 0. The molecule has 0 bridgehead atoms. The fourth-order valence-electron chi connectivity index (χ4n) is 3.64. The highest BCUT2D eigenvalue weighted by atomic mass is 16.2. The molecule has 2 N–H and O–H groups in total. The predicted octanol–water partition coefficient (Wildman–Crippen LogP) is 1.85. The number of nitrogens with one attached hydrogen (secondary N) is 2. The van der Waals surface area contributed by atoms with E-state index in [0.717, 1.165) is 37.7 Å². The zero-order valence-electron chi connectivity index (χ0n) is 14.4. The van der Waals surface area contributed by atoms with Gasteiger partial charge in [0.25, 0.3) is 0 Å². The van der Waals surface area contributed by atoms with Crippen molar-refractivity contribution in [1.29, 1.82) is 0 Å². The van der Waals surface area contributed by atoms with Gasteiger partial charge in [-0.1, -0.05) is 43.2 Å². The van der Waals surface area contributed by atoms with Crippen LogP contribution in [0.1, 0.15) is 37.7 Å². The molecule has 0 radical (unpaired) electrons. The fraction of sp³-hybridized carbons (Fsp3) is 0.526. The van der Waals surface area contributed by atoms with E-state index < -0.39 is 0 Å². The maximum absolute atomic E-state index is 12.5. The van der Waals surface area contributed by atoms with Crippen LogP contribution in [0, 0.1) is 5.92 Å². The van der Waals surface area contributed by atoms with Gasteiger partial charge >= 0.3 is 6.03 Å². The van der Waals surface area contributed by atoms with Gasteiger partial charge in [-0.05, 0) is 24.8 Å². The Kier molecular flexibility index (Phi) is 5.68. The number of urea groups is 1. The average Bonchev–Trinajstić information content (AvgIpc) is 2.62. The molecule has 1 heterocycles. The molecule has 6 nitrogen and oxygen atoms in total. The molecular formula is C19H25N3O3. The first kappa shape index (κ1) is 17.5. The average molecular weight is 343 g/mol. The lowest BCUT2D eigenvalue weighted by atomic mass is 9.82. The maximum atomic E-state index is 12.5. The molecule has 2 fully saturated rings. The second-order valence-corrected chi connectivity index (χ2v) is 6.77. The van der Waals surface area contributed by atoms with Gasteiger partial charge in [0.1, 0.15) is 0 Å². The van der Waals surface area contributed by atoms with Crippen LogP contribution in [0.4, 0.5) is 4.79 Å². The topological polar surface area (TPSA) is 78.5 Å². The first-order chi connectivity index (χ1) is 12.1. The molecule has 2 atom stereocenters. The Hall–Kier alpha value is -2.37. The normalized spacial score (nSPS) is 23.0. The highest BCUT2D eigenvalue weighted by molar-refractivity contribution is 5.99. The van der Waals surface area contributed by atoms with Gasteiger partial charge in [-0.2, -0.15) is 0 Å². The molecule has 134 valence electrons. The molecular weight excluding hydrogens is 318 g/mol. The number of carbonyl (C=O) groups is 3. The molecule has 1 aromatic carbocycles. The van der Waals surface area contributed by atoms with Crippen LogP contribution in [-0.4, -0.2) is 41.9 Å². The molecule has 1 saturated carbocycles. The molecule has 1 aliphatic carbocycles. The molecule has 1 aliphatic heterocycles. The second-order valence-electron chi connectivity index (χ2n) is 6.77. The Morgan fingerprint density at radius 2 is 1.92 bits per heavy atom. The van der Waals surface area contributed by atoms with Crippen LogP contribution in [0.5, 0.6) is 0 Å². The molecule has 6 heteroatoms. The highest BCUT2D eigenvalue weighted by Gasteiger charge is 2.41. The number of carbonyl (C=O) groups excluding carboxylic acids is 3. The Bertz CT molecular complexity index is 632. The molecule has 1 aromatic rings. The number of hydrogen-bond donors (Lipinski definition) is 2. The minimum Gasteiger partial charge on any atom is -0.356 e. The van der Waals surface area contributed by atoms with E-state index in [-0.39, 0.29) is 42.8 Å². The van der Waals surface area contributed by atoms with Crippen molar-refractivity contribution in [2.75, 3.05) is 13.1 Å². The monoisotopic (exact) mass is 343 g/mol. The van der Waals surface area contributed by atoms with Crippen molar-refractivity contribution in [3.05, 3.63) is 35.9 Å². The smallest absolute Gasteiger partial charge is 0.324 e. The predicted molar refractivity (Wildman–Crippen MR) is 93.8 cm³/mol. The van der Waals surface area contributed by atoms with Crippen molar-refractivity contribution in [2.45, 2.75) is 44.6 Å². The Morgan fingerprint density at radius 1 is 1.16 bits per heavy atom. The van der Waals surface area contributed by atoms with Crippen molar-refractivity contribution in [3.8, 4) is 0 Å². The standard InChI is InChI=1S/C19H25N3O3/c23-17(20-12-10-14-6-2-1-3-7-14)11-13-22-18(24)15-8-4-5-9-16(15)21-19(22)25/h1-3,6-7,15-16H,4-5,8-13H2,(H,20,23)(H,21,25). The highest BCUT2D eigenvalue weighted by Crippen LogP contribution is 2.29. The summed E-state index contributed by atoms with van der Waals surface area (Å²) in [7, 11) is 0. The van der Waals surface area contributed by atoms with Crippen LogP contribution in [0.15, 0.2) is 30.3 Å². The molecule has 1 saturated heterocycles. The van der Waals surface area contributed by atoms with E-state index in [4.69, 9.17) is 0 Å². The van der Waals surface area contributed by atoms with Crippen molar-refractivity contribution in [1.82, 2.24) is 15.5 Å². The maximum Gasteiger partial charge on any atom is 0.324 e. The summed E-state index contributed by atoms with van der Waals surface area (Å²) in [5.41, 5.74) is 1.16. The summed E-state index contributed by atoms with van der Waals surface area (Å²) in [5, 5.41) is 5.77. The van der Waals surface area contributed by atoms with Crippen LogP contribution in [0.25, 0.3) is 0 Å². The van der Waals surface area contributed by atoms with Gasteiger partial charge in [-0.3, -0.25) is 14.5 Å². The van der Waals surface area contributed by atoms with Crippen LogP contribution in [0.2, 0.25) is 0 Å². The Labute approximate surface area is 148 Å². The van der Waals surface area contributed by atoms with Crippen molar-refractivity contribution < 1.29 is 14.4 Å². The summed E-state index contributed by atoms with van der Waals surface area (Å²) in [6.07, 6.45) is 4.68. The third-order valence-corrected chi connectivity index (χ3v) is 5.04. The first-order valence-corrected chi connectivity index (χ1v) is 9.07. The summed E-state index contributed by atoms with van der Waals surface area (Å²) in [4.78, 5) is 37.9. The van der Waals surface area contributed by atoms with E-state index >= 15 is 0 Å². The Morgan fingerprint density at radius 3 is 2.72 bits per heavy atom. The van der Waals surface area contributed by atoms with Crippen molar-refractivity contribution in [2.24, 2.45) is 5.92 Å². The minimum atomic E-state index is -0.356. The third-order valence-electron chi connectivity index (χ3n) is 5.04. The molecule has 25 heavy (non-hydrogen) atoms. The number of benzene rings is 1. The van der Waals surface area contributed by atoms with Crippen LogP contribution >= 0.6 is 0 Å². The summed E-state index contributed by atoms with van der Waals surface area (Å²) in [6, 6.07) is 9.55. The first-order valence-electron chi connectivity index (χ1n) is 9.07. The lowest BCUT2D eigenvalue weighted by molar-refractivity contribution is -0.136. The van der Waals surface area contributed by atoms with Gasteiger partial charge in [0.05, 0.1) is 5.92 Å². The van der Waals surface area contributed by atoms with E-state index in [0.29, 0.717) is 6.54 Å². The van der Waals surface area contributed by atoms with Gasteiger partial charge in [-0.15, -0.1) is 0 Å². The summed E-state index contributed by atoms with van der Waals surface area (Å²) in [5.74, 6) is -0.375.